The Labute approximate surface area is 156 Å². The summed E-state index contributed by atoms with van der Waals surface area (Å²) in [5, 5.41) is 4.63. The number of benzene rings is 2. The quantitative estimate of drug-likeness (QED) is 0.430. The van der Waals surface area contributed by atoms with Gasteiger partial charge in [0.05, 0.1) is 18.4 Å². The minimum atomic E-state index is -0.500. The van der Waals surface area contributed by atoms with Gasteiger partial charge in [-0.15, -0.1) is 11.8 Å². The maximum absolute atomic E-state index is 12.4. The standard InChI is InChI=1S/C19H18ClNO3S/c1-23-14-7-8-15-12(10-14)4-3-5-17(15)21-24-19(22)16-11-13(20)6-9-18(16)25-2/h6-11H,3-5H2,1-2H3/b21-17-. The van der Waals surface area contributed by atoms with Gasteiger partial charge in [0.25, 0.3) is 0 Å². The molecule has 3 rings (SSSR count). The van der Waals surface area contributed by atoms with Crippen LogP contribution in [0.25, 0.3) is 0 Å². The van der Waals surface area contributed by atoms with Crippen LogP contribution >= 0.6 is 23.4 Å². The minimum absolute atomic E-state index is 0.426. The van der Waals surface area contributed by atoms with Gasteiger partial charge in [-0.1, -0.05) is 16.8 Å². The second kappa shape index (κ2) is 7.93. The van der Waals surface area contributed by atoms with Gasteiger partial charge in [0.15, 0.2) is 0 Å². The zero-order valence-electron chi connectivity index (χ0n) is 14.0. The van der Waals surface area contributed by atoms with Crippen LogP contribution in [0.4, 0.5) is 0 Å². The Bertz CT molecular complexity index is 835. The van der Waals surface area contributed by atoms with E-state index >= 15 is 0 Å². The van der Waals surface area contributed by atoms with Gasteiger partial charge in [-0.05, 0) is 67.5 Å². The number of hydrogen-bond donors (Lipinski definition) is 0. The van der Waals surface area contributed by atoms with E-state index in [-0.39, 0.29) is 0 Å². The second-order valence-corrected chi connectivity index (χ2v) is 6.92. The highest BCUT2D eigenvalue weighted by molar-refractivity contribution is 7.98. The van der Waals surface area contributed by atoms with Crippen molar-refractivity contribution < 1.29 is 14.4 Å². The average Bonchev–Trinajstić information content (AvgIpc) is 2.65. The summed E-state index contributed by atoms with van der Waals surface area (Å²) in [5.41, 5.74) is 3.38. The van der Waals surface area contributed by atoms with E-state index in [9.17, 15) is 4.79 Å². The molecule has 0 amide bonds. The topological polar surface area (TPSA) is 47.9 Å². The zero-order valence-corrected chi connectivity index (χ0v) is 15.6. The number of halogens is 1. The Morgan fingerprint density at radius 2 is 2.04 bits per heavy atom. The number of methoxy groups -OCH3 is 1. The fourth-order valence-electron chi connectivity index (χ4n) is 2.85. The van der Waals surface area contributed by atoms with Gasteiger partial charge >= 0.3 is 5.97 Å². The van der Waals surface area contributed by atoms with Crippen molar-refractivity contribution in [1.29, 1.82) is 0 Å². The number of rotatable bonds is 4. The number of fused-ring (bicyclic) bond motifs is 1. The van der Waals surface area contributed by atoms with Crippen LogP contribution in [0.2, 0.25) is 5.02 Å². The summed E-state index contributed by atoms with van der Waals surface area (Å²) in [4.78, 5) is 18.4. The lowest BCUT2D eigenvalue weighted by Crippen LogP contribution is -2.14. The molecule has 130 valence electrons. The maximum atomic E-state index is 12.4. The molecule has 0 atom stereocenters. The molecule has 0 aliphatic heterocycles. The predicted octanol–water partition coefficient (Wildman–Crippen LogP) is 4.97. The van der Waals surface area contributed by atoms with E-state index in [1.54, 1.807) is 25.3 Å². The molecule has 25 heavy (non-hydrogen) atoms. The molecule has 0 N–H and O–H groups in total. The lowest BCUT2D eigenvalue weighted by Gasteiger charge is -2.18. The molecule has 6 heteroatoms. The number of thioether (sulfide) groups is 1. The molecule has 4 nitrogen and oxygen atoms in total. The van der Waals surface area contributed by atoms with Crippen molar-refractivity contribution in [2.75, 3.05) is 13.4 Å². The minimum Gasteiger partial charge on any atom is -0.497 e. The largest absolute Gasteiger partial charge is 0.497 e. The molecule has 2 aromatic carbocycles. The summed E-state index contributed by atoms with van der Waals surface area (Å²) in [6.45, 7) is 0. The number of carbonyl (C=O) groups is 1. The van der Waals surface area contributed by atoms with Gasteiger partial charge in [-0.3, -0.25) is 0 Å². The van der Waals surface area contributed by atoms with Crippen molar-refractivity contribution in [2.45, 2.75) is 24.2 Å². The molecule has 0 saturated heterocycles. The van der Waals surface area contributed by atoms with Crippen molar-refractivity contribution in [1.82, 2.24) is 0 Å². The van der Waals surface area contributed by atoms with E-state index in [0.717, 1.165) is 46.7 Å². The van der Waals surface area contributed by atoms with Crippen LogP contribution in [0.1, 0.15) is 34.3 Å². The van der Waals surface area contributed by atoms with Gasteiger partial charge in [0, 0.05) is 15.5 Å². The summed E-state index contributed by atoms with van der Waals surface area (Å²) in [6, 6.07) is 11.0. The fraction of sp³-hybridized carbons (Fsp3) is 0.263. The van der Waals surface area contributed by atoms with Crippen LogP contribution in [0.3, 0.4) is 0 Å². The smallest absolute Gasteiger partial charge is 0.366 e. The number of hydrogen-bond acceptors (Lipinski definition) is 5. The molecule has 1 aliphatic carbocycles. The van der Waals surface area contributed by atoms with Gasteiger partial charge in [0.2, 0.25) is 0 Å². The van der Waals surface area contributed by atoms with Crippen molar-refractivity contribution in [3.05, 3.63) is 58.1 Å². The summed E-state index contributed by atoms with van der Waals surface area (Å²) in [7, 11) is 1.65. The Kier molecular flexibility index (Phi) is 5.66. The summed E-state index contributed by atoms with van der Waals surface area (Å²) in [5.74, 6) is 0.320. The van der Waals surface area contributed by atoms with Crippen LogP contribution in [-0.2, 0) is 11.3 Å². The van der Waals surface area contributed by atoms with Crippen molar-refractivity contribution in [2.24, 2.45) is 5.16 Å². The van der Waals surface area contributed by atoms with Crippen LogP contribution in [-0.4, -0.2) is 25.0 Å². The van der Waals surface area contributed by atoms with E-state index in [4.69, 9.17) is 21.2 Å². The summed E-state index contributed by atoms with van der Waals surface area (Å²) < 4.78 is 5.27. The highest BCUT2D eigenvalue weighted by Crippen LogP contribution is 2.27. The zero-order chi connectivity index (χ0) is 17.8. The van der Waals surface area contributed by atoms with E-state index in [1.807, 2.05) is 24.5 Å². The molecule has 0 saturated carbocycles. The molecule has 2 aromatic rings. The second-order valence-electron chi connectivity index (χ2n) is 5.64. The van der Waals surface area contributed by atoms with Gasteiger partial charge in [0.1, 0.15) is 5.75 Å². The SMILES string of the molecule is COc1ccc2c(c1)CCC/C2=N/OC(=O)c1cc(Cl)ccc1SC. The lowest BCUT2D eigenvalue weighted by molar-refractivity contribution is 0.0511. The highest BCUT2D eigenvalue weighted by atomic mass is 35.5. The van der Waals surface area contributed by atoms with E-state index < -0.39 is 5.97 Å². The average molecular weight is 376 g/mol. The number of nitrogens with zero attached hydrogens (tertiary/aromatic N) is 1. The van der Waals surface area contributed by atoms with Crippen LogP contribution in [0.5, 0.6) is 5.75 Å². The molecule has 0 fully saturated rings. The van der Waals surface area contributed by atoms with Crippen LogP contribution in [0, 0.1) is 0 Å². The van der Waals surface area contributed by atoms with E-state index in [1.165, 1.54) is 11.8 Å². The lowest BCUT2D eigenvalue weighted by atomic mass is 9.90. The maximum Gasteiger partial charge on any atom is 0.366 e. The Balaban J connectivity index is 1.84. The predicted molar refractivity (Wildman–Crippen MR) is 101 cm³/mol. The third-order valence-electron chi connectivity index (χ3n) is 4.10. The van der Waals surface area contributed by atoms with Crippen LogP contribution in [0.15, 0.2) is 46.4 Å². The molecular weight excluding hydrogens is 358 g/mol. The molecule has 1 aliphatic rings. The van der Waals surface area contributed by atoms with Crippen molar-refractivity contribution in [3.63, 3.8) is 0 Å². The molecule has 0 bridgehead atoms. The molecule has 0 spiro atoms. The summed E-state index contributed by atoms with van der Waals surface area (Å²) in [6.07, 6.45) is 4.60. The highest BCUT2D eigenvalue weighted by Gasteiger charge is 2.19. The molecule has 0 aromatic heterocycles. The van der Waals surface area contributed by atoms with Gasteiger partial charge in [-0.2, -0.15) is 0 Å². The number of ether oxygens (including phenoxy) is 1. The first-order valence-electron chi connectivity index (χ1n) is 7.91. The normalized spacial score (nSPS) is 14.9. The van der Waals surface area contributed by atoms with Gasteiger partial charge < -0.3 is 9.57 Å². The number of oxime groups is 1. The summed E-state index contributed by atoms with van der Waals surface area (Å²) >= 11 is 7.46. The third-order valence-corrected chi connectivity index (χ3v) is 5.13. The van der Waals surface area contributed by atoms with Gasteiger partial charge in [-0.25, -0.2) is 4.79 Å². The molecular formula is C19H18ClNO3S. The fourth-order valence-corrected chi connectivity index (χ4v) is 3.59. The monoisotopic (exact) mass is 375 g/mol. The number of aryl methyl sites for hydroxylation is 1. The Hall–Kier alpha value is -1.98. The first kappa shape index (κ1) is 17.8. The van der Waals surface area contributed by atoms with Crippen molar-refractivity contribution in [3.8, 4) is 5.75 Å². The first-order valence-corrected chi connectivity index (χ1v) is 9.51. The number of carbonyl (C=O) groups excluding carboxylic acids is 1. The Morgan fingerprint density at radius 1 is 1.20 bits per heavy atom. The first-order chi connectivity index (χ1) is 12.1. The molecule has 0 heterocycles. The third kappa shape index (κ3) is 3.99. The van der Waals surface area contributed by atoms with Crippen molar-refractivity contribution >= 4 is 35.0 Å². The molecule has 0 radical (unpaired) electrons. The Morgan fingerprint density at radius 3 is 2.80 bits per heavy atom. The van der Waals surface area contributed by atoms with E-state index in [0.29, 0.717) is 10.6 Å². The van der Waals surface area contributed by atoms with Crippen LogP contribution < -0.4 is 4.74 Å². The van der Waals surface area contributed by atoms with E-state index in [2.05, 4.69) is 5.16 Å². The molecule has 0 unspecified atom stereocenters.